The Morgan fingerprint density at radius 2 is 1.67 bits per heavy atom. The van der Waals surface area contributed by atoms with Crippen LogP contribution in [0.1, 0.15) is 80.5 Å². The zero-order chi connectivity index (χ0) is 21.1. The van der Waals surface area contributed by atoms with Crippen molar-refractivity contribution in [3.8, 4) is 0 Å². The third-order valence-electron chi connectivity index (χ3n) is 7.15. The minimum atomic E-state index is 0.122. The summed E-state index contributed by atoms with van der Waals surface area (Å²) < 4.78 is 0. The van der Waals surface area contributed by atoms with Crippen LogP contribution in [0.4, 0.5) is 5.69 Å². The number of anilines is 1. The van der Waals surface area contributed by atoms with E-state index in [1.54, 1.807) is 0 Å². The summed E-state index contributed by atoms with van der Waals surface area (Å²) in [6, 6.07) is 13.7. The highest BCUT2D eigenvalue weighted by atomic mass is 35.5. The normalized spacial score (nSPS) is 20.3. The van der Waals surface area contributed by atoms with Crippen LogP contribution in [0.3, 0.4) is 0 Å². The molecule has 0 spiro atoms. The fraction of sp³-hybridized carbons (Fsp3) is 0.538. The maximum Gasteiger partial charge on any atom is 0.0500 e. The number of hydrogen-bond acceptors (Lipinski definition) is 2. The fourth-order valence-electron chi connectivity index (χ4n) is 5.26. The third kappa shape index (κ3) is 5.15. The summed E-state index contributed by atoms with van der Waals surface area (Å²) in [7, 11) is 0. The van der Waals surface area contributed by atoms with Crippen molar-refractivity contribution < 1.29 is 0 Å². The summed E-state index contributed by atoms with van der Waals surface area (Å²) in [5, 5.41) is 5.08. The van der Waals surface area contributed by atoms with Crippen molar-refractivity contribution in [2.24, 2.45) is 0 Å². The molecule has 1 heterocycles. The molecule has 4 rings (SSSR count). The SMILES string of the molecule is Cc1ccc(C2CCN(C3CCCCC3)CC2)cc1NC(C)c1ccc(Cl)cc1Cl. The lowest BCUT2D eigenvalue weighted by atomic mass is 9.86. The number of nitrogens with one attached hydrogen (secondary N) is 1. The monoisotopic (exact) mass is 444 g/mol. The standard InChI is InChI=1S/C26H34Cl2N2/c1-18-8-9-21(20-12-14-30(15-13-20)23-6-4-3-5-7-23)16-26(18)29-19(2)24-11-10-22(27)17-25(24)28/h8-11,16-17,19-20,23,29H,3-7,12-15H2,1-2H3. The van der Waals surface area contributed by atoms with Crippen molar-refractivity contribution in [1.82, 2.24) is 4.90 Å². The second-order valence-electron chi connectivity index (χ2n) is 9.21. The molecule has 0 amide bonds. The van der Waals surface area contributed by atoms with Gasteiger partial charge in [-0.25, -0.2) is 0 Å². The van der Waals surface area contributed by atoms with Crippen molar-refractivity contribution in [3.63, 3.8) is 0 Å². The van der Waals surface area contributed by atoms with Crippen LogP contribution in [0.25, 0.3) is 0 Å². The summed E-state index contributed by atoms with van der Waals surface area (Å²) in [6.45, 7) is 6.84. The molecule has 1 atom stereocenters. The minimum absolute atomic E-state index is 0.122. The Morgan fingerprint density at radius 3 is 2.37 bits per heavy atom. The number of piperidine rings is 1. The van der Waals surface area contributed by atoms with Crippen molar-refractivity contribution in [3.05, 3.63) is 63.1 Å². The molecule has 1 N–H and O–H groups in total. The Bertz CT molecular complexity index is 852. The molecule has 1 aliphatic carbocycles. The maximum absolute atomic E-state index is 6.43. The Morgan fingerprint density at radius 1 is 0.933 bits per heavy atom. The number of likely N-dealkylation sites (tertiary alicyclic amines) is 1. The average Bonchev–Trinajstić information content (AvgIpc) is 2.76. The zero-order valence-corrected chi connectivity index (χ0v) is 19.8. The highest BCUT2D eigenvalue weighted by Crippen LogP contribution is 2.35. The van der Waals surface area contributed by atoms with Gasteiger partial charge in [-0.2, -0.15) is 0 Å². The number of rotatable bonds is 5. The van der Waals surface area contributed by atoms with Gasteiger partial charge in [-0.1, -0.05) is 60.7 Å². The second-order valence-corrected chi connectivity index (χ2v) is 10.1. The Labute approximate surface area is 192 Å². The lowest BCUT2D eigenvalue weighted by Crippen LogP contribution is -2.41. The van der Waals surface area contributed by atoms with Gasteiger partial charge >= 0.3 is 0 Å². The van der Waals surface area contributed by atoms with E-state index >= 15 is 0 Å². The van der Waals surface area contributed by atoms with Gasteiger partial charge in [0.05, 0.1) is 6.04 Å². The summed E-state index contributed by atoms with van der Waals surface area (Å²) in [5.41, 5.74) is 5.03. The number of aryl methyl sites for hydroxylation is 1. The van der Waals surface area contributed by atoms with Gasteiger partial charge in [-0.15, -0.1) is 0 Å². The molecule has 2 aromatic rings. The molecule has 30 heavy (non-hydrogen) atoms. The van der Waals surface area contributed by atoms with Crippen LogP contribution < -0.4 is 5.32 Å². The summed E-state index contributed by atoms with van der Waals surface area (Å²) in [4.78, 5) is 2.77. The number of nitrogens with zero attached hydrogens (tertiary/aromatic N) is 1. The van der Waals surface area contributed by atoms with Crippen molar-refractivity contribution in [2.75, 3.05) is 18.4 Å². The minimum Gasteiger partial charge on any atom is -0.378 e. The molecular formula is C26H34Cl2N2. The Kier molecular flexibility index (Phi) is 7.28. The van der Waals surface area contributed by atoms with E-state index in [1.165, 1.54) is 74.8 Å². The molecule has 0 bridgehead atoms. The first-order valence-corrected chi connectivity index (χ1v) is 12.3. The van der Waals surface area contributed by atoms with E-state index in [1.807, 2.05) is 18.2 Å². The molecule has 1 saturated heterocycles. The summed E-state index contributed by atoms with van der Waals surface area (Å²) in [5.74, 6) is 0.667. The molecule has 2 aromatic carbocycles. The quantitative estimate of drug-likeness (QED) is 0.502. The van der Waals surface area contributed by atoms with E-state index in [0.717, 1.165) is 11.6 Å². The molecule has 4 heteroatoms. The molecule has 2 nitrogen and oxygen atoms in total. The van der Waals surface area contributed by atoms with E-state index in [4.69, 9.17) is 23.2 Å². The van der Waals surface area contributed by atoms with Crippen LogP contribution in [0.15, 0.2) is 36.4 Å². The van der Waals surface area contributed by atoms with Gasteiger partial charge in [0.25, 0.3) is 0 Å². The lowest BCUT2D eigenvalue weighted by Gasteiger charge is -2.39. The van der Waals surface area contributed by atoms with Crippen LogP contribution in [-0.2, 0) is 0 Å². The number of hydrogen-bond donors (Lipinski definition) is 1. The van der Waals surface area contributed by atoms with Crippen LogP contribution in [0.2, 0.25) is 10.0 Å². The predicted molar refractivity (Wildman–Crippen MR) is 130 cm³/mol. The number of halogens is 2. The van der Waals surface area contributed by atoms with Crippen LogP contribution in [0.5, 0.6) is 0 Å². The molecule has 0 radical (unpaired) electrons. The van der Waals surface area contributed by atoms with Crippen molar-refractivity contribution in [1.29, 1.82) is 0 Å². The average molecular weight is 445 g/mol. The number of benzene rings is 2. The zero-order valence-electron chi connectivity index (χ0n) is 18.3. The first-order chi connectivity index (χ1) is 14.5. The van der Waals surface area contributed by atoms with Gasteiger partial charge < -0.3 is 10.2 Å². The van der Waals surface area contributed by atoms with E-state index < -0.39 is 0 Å². The van der Waals surface area contributed by atoms with Gasteiger partial charge in [-0.05, 0) is 93.4 Å². The Balaban J connectivity index is 1.42. The largest absolute Gasteiger partial charge is 0.378 e. The van der Waals surface area contributed by atoms with Crippen LogP contribution in [0, 0.1) is 6.92 Å². The van der Waals surface area contributed by atoms with Crippen molar-refractivity contribution in [2.45, 2.75) is 76.8 Å². The van der Waals surface area contributed by atoms with E-state index in [2.05, 4.69) is 42.3 Å². The van der Waals surface area contributed by atoms with Crippen LogP contribution in [-0.4, -0.2) is 24.0 Å². The topological polar surface area (TPSA) is 15.3 Å². The molecule has 1 aliphatic heterocycles. The summed E-state index contributed by atoms with van der Waals surface area (Å²) >= 11 is 12.5. The van der Waals surface area contributed by atoms with E-state index in [-0.39, 0.29) is 6.04 Å². The molecule has 162 valence electrons. The van der Waals surface area contributed by atoms with E-state index in [9.17, 15) is 0 Å². The predicted octanol–water partition coefficient (Wildman–Crippen LogP) is 7.99. The third-order valence-corrected chi connectivity index (χ3v) is 7.72. The van der Waals surface area contributed by atoms with Gasteiger partial charge in [-0.3, -0.25) is 0 Å². The summed E-state index contributed by atoms with van der Waals surface area (Å²) in [6.07, 6.45) is 9.66. The van der Waals surface area contributed by atoms with Gasteiger partial charge in [0.1, 0.15) is 0 Å². The fourth-order valence-corrected chi connectivity index (χ4v) is 5.83. The van der Waals surface area contributed by atoms with Crippen LogP contribution >= 0.6 is 23.2 Å². The van der Waals surface area contributed by atoms with E-state index in [0.29, 0.717) is 16.0 Å². The molecular weight excluding hydrogens is 411 g/mol. The van der Waals surface area contributed by atoms with Gasteiger partial charge in [0.15, 0.2) is 0 Å². The molecule has 2 aliphatic rings. The maximum atomic E-state index is 6.43. The lowest BCUT2D eigenvalue weighted by molar-refractivity contribution is 0.122. The highest BCUT2D eigenvalue weighted by molar-refractivity contribution is 6.35. The molecule has 1 unspecified atom stereocenters. The molecule has 0 aromatic heterocycles. The van der Waals surface area contributed by atoms with Crippen molar-refractivity contribution >= 4 is 28.9 Å². The van der Waals surface area contributed by atoms with Gasteiger partial charge in [0.2, 0.25) is 0 Å². The molecule has 2 fully saturated rings. The Hall–Kier alpha value is -1.22. The van der Waals surface area contributed by atoms with Gasteiger partial charge in [0, 0.05) is 21.8 Å². The smallest absolute Gasteiger partial charge is 0.0500 e. The second kappa shape index (κ2) is 9.94. The first kappa shape index (κ1) is 22.0. The highest BCUT2D eigenvalue weighted by Gasteiger charge is 2.27. The molecule has 1 saturated carbocycles. The first-order valence-electron chi connectivity index (χ1n) is 11.6.